The van der Waals surface area contributed by atoms with Crippen LogP contribution in [0.25, 0.3) is 0 Å². The van der Waals surface area contributed by atoms with E-state index in [4.69, 9.17) is 0 Å². The number of rotatable bonds is 6. The van der Waals surface area contributed by atoms with Crippen molar-refractivity contribution in [2.75, 3.05) is 12.5 Å². The molecule has 0 saturated carbocycles. The van der Waals surface area contributed by atoms with Crippen molar-refractivity contribution in [3.63, 3.8) is 0 Å². The number of carbonyl (C=O) groups excluding carboxylic acids is 2. The number of hydrogen-bond donors (Lipinski definition) is 0. The summed E-state index contributed by atoms with van der Waals surface area (Å²) >= 11 is 2.93. The molecule has 0 aliphatic rings. The lowest BCUT2D eigenvalue weighted by molar-refractivity contribution is -0.121. The molecule has 0 amide bonds. The van der Waals surface area contributed by atoms with Crippen LogP contribution >= 0.6 is 23.5 Å². The highest BCUT2D eigenvalue weighted by Gasteiger charge is 2.19. The van der Waals surface area contributed by atoms with E-state index in [1.807, 2.05) is 12.5 Å². The molecule has 0 rings (SSSR count). The minimum atomic E-state index is -0.0458. The highest BCUT2D eigenvalue weighted by molar-refractivity contribution is 8.21. The second-order valence-corrected chi connectivity index (χ2v) is 4.52. The molecule has 0 radical (unpaired) electrons. The van der Waals surface area contributed by atoms with E-state index in [9.17, 15) is 9.59 Å². The molecule has 80 valence electrons. The molecule has 0 aromatic carbocycles. The Morgan fingerprint density at radius 3 is 1.50 bits per heavy atom. The molecular formula is C10H16O2S2. The summed E-state index contributed by atoms with van der Waals surface area (Å²) in [6, 6.07) is 0. The average molecular weight is 232 g/mol. The molecule has 0 aromatic rings. The lowest BCUT2D eigenvalue weighted by Gasteiger charge is -2.07. The molecule has 0 N–H and O–H groups in total. The first-order chi connectivity index (χ1) is 6.62. The lowest BCUT2D eigenvalue weighted by atomic mass is 10.1. The molecule has 0 aromatic heterocycles. The Morgan fingerprint density at radius 2 is 1.29 bits per heavy atom. The van der Waals surface area contributed by atoms with E-state index in [1.54, 1.807) is 13.8 Å². The van der Waals surface area contributed by atoms with Gasteiger partial charge >= 0.3 is 0 Å². The summed E-state index contributed by atoms with van der Waals surface area (Å²) in [5.74, 6) is -0.0916. The van der Waals surface area contributed by atoms with Crippen molar-refractivity contribution in [3.8, 4) is 0 Å². The van der Waals surface area contributed by atoms with Gasteiger partial charge in [-0.2, -0.15) is 0 Å². The molecule has 14 heavy (non-hydrogen) atoms. The fraction of sp³-hybridized carbons (Fsp3) is 0.600. The number of hydrogen-bond acceptors (Lipinski definition) is 4. The van der Waals surface area contributed by atoms with Crippen LogP contribution in [0.5, 0.6) is 0 Å². The summed E-state index contributed by atoms with van der Waals surface area (Å²) in [5, 5.41) is 0. The highest BCUT2D eigenvalue weighted by atomic mass is 32.2. The highest BCUT2D eigenvalue weighted by Crippen LogP contribution is 2.29. The van der Waals surface area contributed by atoms with Crippen LogP contribution in [-0.2, 0) is 9.59 Å². The van der Waals surface area contributed by atoms with Gasteiger partial charge in [0.05, 0.1) is 9.81 Å². The van der Waals surface area contributed by atoms with Crippen LogP contribution < -0.4 is 0 Å². The molecule has 2 nitrogen and oxygen atoms in total. The van der Waals surface area contributed by atoms with E-state index in [-0.39, 0.29) is 11.6 Å². The minimum absolute atomic E-state index is 0.0458. The maximum absolute atomic E-state index is 11.6. The molecule has 0 spiro atoms. The fourth-order valence-corrected chi connectivity index (χ4v) is 2.55. The van der Waals surface area contributed by atoms with Crippen LogP contribution in [0.1, 0.15) is 26.7 Å². The van der Waals surface area contributed by atoms with E-state index in [0.29, 0.717) is 18.4 Å². The van der Waals surface area contributed by atoms with Crippen molar-refractivity contribution in [1.82, 2.24) is 0 Å². The van der Waals surface area contributed by atoms with Crippen LogP contribution in [0.3, 0.4) is 0 Å². The van der Waals surface area contributed by atoms with Crippen LogP contribution in [0.2, 0.25) is 0 Å². The number of ketones is 2. The molecular weight excluding hydrogens is 216 g/mol. The SMILES string of the molecule is CCC(=O)C(C(=O)CC)=C(SC)SC. The van der Waals surface area contributed by atoms with Crippen molar-refractivity contribution >= 4 is 35.1 Å². The smallest absolute Gasteiger partial charge is 0.167 e. The third-order valence-electron chi connectivity index (χ3n) is 1.77. The molecule has 0 aliphatic carbocycles. The van der Waals surface area contributed by atoms with Gasteiger partial charge < -0.3 is 0 Å². The largest absolute Gasteiger partial charge is 0.294 e. The van der Waals surface area contributed by atoms with E-state index < -0.39 is 0 Å². The van der Waals surface area contributed by atoms with E-state index >= 15 is 0 Å². The summed E-state index contributed by atoms with van der Waals surface area (Å²) in [7, 11) is 0. The summed E-state index contributed by atoms with van der Waals surface area (Å²) in [5.41, 5.74) is 0.398. The maximum Gasteiger partial charge on any atom is 0.167 e. The van der Waals surface area contributed by atoms with Gasteiger partial charge in [-0.3, -0.25) is 9.59 Å². The van der Waals surface area contributed by atoms with Crippen LogP contribution in [0.15, 0.2) is 9.81 Å². The van der Waals surface area contributed by atoms with Gasteiger partial charge in [0.2, 0.25) is 0 Å². The van der Waals surface area contributed by atoms with Gasteiger partial charge in [0.1, 0.15) is 0 Å². The molecule has 0 bridgehead atoms. The van der Waals surface area contributed by atoms with Gasteiger partial charge in [0.15, 0.2) is 11.6 Å². The van der Waals surface area contributed by atoms with Crippen LogP contribution in [0, 0.1) is 0 Å². The van der Waals surface area contributed by atoms with E-state index in [2.05, 4.69) is 0 Å². The predicted octanol–water partition coefficient (Wildman–Crippen LogP) is 2.88. The third kappa shape index (κ3) is 3.50. The van der Waals surface area contributed by atoms with E-state index in [1.165, 1.54) is 23.5 Å². The molecule has 0 unspecified atom stereocenters. The van der Waals surface area contributed by atoms with Gasteiger partial charge in [-0.05, 0) is 12.5 Å². The zero-order valence-electron chi connectivity index (χ0n) is 9.05. The van der Waals surface area contributed by atoms with Crippen LogP contribution in [-0.4, -0.2) is 24.1 Å². The third-order valence-corrected chi connectivity index (χ3v) is 3.92. The van der Waals surface area contributed by atoms with Gasteiger partial charge in [0, 0.05) is 12.8 Å². The Labute approximate surface area is 93.9 Å². The quantitative estimate of drug-likeness (QED) is 0.400. The van der Waals surface area contributed by atoms with Gasteiger partial charge in [-0.25, -0.2) is 0 Å². The molecule has 0 aliphatic heterocycles. The first-order valence-corrected chi connectivity index (χ1v) is 6.95. The monoisotopic (exact) mass is 232 g/mol. The normalized spacial score (nSPS) is 9.71. The minimum Gasteiger partial charge on any atom is -0.294 e. The van der Waals surface area contributed by atoms with Gasteiger partial charge in [0.25, 0.3) is 0 Å². The van der Waals surface area contributed by atoms with Crippen molar-refractivity contribution < 1.29 is 9.59 Å². The second-order valence-electron chi connectivity index (χ2n) is 2.62. The molecule has 4 heteroatoms. The predicted molar refractivity (Wildman–Crippen MR) is 64.7 cm³/mol. The summed E-state index contributed by atoms with van der Waals surface area (Å²) in [4.78, 5) is 23.1. The van der Waals surface area contributed by atoms with Crippen LogP contribution in [0.4, 0.5) is 0 Å². The molecule has 0 heterocycles. The number of allylic oxidation sites excluding steroid dienone is 1. The topological polar surface area (TPSA) is 34.1 Å². The van der Waals surface area contributed by atoms with Crippen molar-refractivity contribution in [3.05, 3.63) is 9.81 Å². The number of thioether (sulfide) groups is 2. The Hall–Kier alpha value is -0.220. The molecule has 0 atom stereocenters. The standard InChI is InChI=1S/C10H16O2S2/c1-5-7(11)9(8(12)6-2)10(13-3)14-4/h5-6H2,1-4H3. The van der Waals surface area contributed by atoms with Gasteiger partial charge in [-0.1, -0.05) is 13.8 Å². The molecule has 0 saturated heterocycles. The Bertz CT molecular complexity index is 233. The number of Topliss-reactive ketones (excluding diaryl/α,β-unsaturated/α-hetero) is 2. The van der Waals surface area contributed by atoms with Crippen molar-refractivity contribution in [2.45, 2.75) is 26.7 Å². The van der Waals surface area contributed by atoms with E-state index in [0.717, 1.165) is 4.24 Å². The number of carbonyl (C=O) groups is 2. The zero-order chi connectivity index (χ0) is 11.1. The van der Waals surface area contributed by atoms with Gasteiger partial charge in [-0.15, -0.1) is 23.5 Å². The Balaban J connectivity index is 5.16. The summed E-state index contributed by atoms with van der Waals surface area (Å²) in [6.45, 7) is 3.56. The second kappa shape index (κ2) is 7.12. The van der Waals surface area contributed by atoms with Crippen molar-refractivity contribution in [2.24, 2.45) is 0 Å². The zero-order valence-corrected chi connectivity index (χ0v) is 10.7. The lowest BCUT2D eigenvalue weighted by Crippen LogP contribution is -2.12. The molecule has 0 fully saturated rings. The first kappa shape index (κ1) is 13.8. The summed E-state index contributed by atoms with van der Waals surface area (Å²) < 4.78 is 0.837. The Kier molecular flexibility index (Phi) is 7.01. The fourth-order valence-electron chi connectivity index (χ4n) is 1.02. The maximum atomic E-state index is 11.6. The summed E-state index contributed by atoms with van der Waals surface area (Å²) in [6.07, 6.45) is 4.56. The first-order valence-electron chi connectivity index (χ1n) is 4.50. The van der Waals surface area contributed by atoms with Crippen molar-refractivity contribution in [1.29, 1.82) is 0 Å². The Morgan fingerprint density at radius 1 is 0.929 bits per heavy atom. The average Bonchev–Trinajstić information content (AvgIpc) is 2.23.